The number of nitrogens with two attached hydrogens (primary N) is 1. The SMILES string of the molecule is CC(C)C1c2cc(C3CC3c3ccc4cc(C(=N)N)ccc4c3)ccc2CCN1CCO. The van der Waals surface area contributed by atoms with Gasteiger partial charge in [-0.2, -0.15) is 0 Å². The van der Waals surface area contributed by atoms with Gasteiger partial charge in [-0.3, -0.25) is 10.3 Å². The fraction of sp³-hybridized carbons (Fsp3) is 0.393. The van der Waals surface area contributed by atoms with E-state index in [-0.39, 0.29) is 12.4 Å². The molecule has 3 atom stereocenters. The zero-order valence-corrected chi connectivity index (χ0v) is 19.0. The lowest BCUT2D eigenvalue weighted by Crippen LogP contribution is -2.39. The topological polar surface area (TPSA) is 73.3 Å². The molecule has 1 aliphatic heterocycles. The molecule has 0 amide bonds. The Morgan fingerprint density at radius 3 is 2.44 bits per heavy atom. The third-order valence-corrected chi connectivity index (χ3v) is 7.39. The number of nitrogens with one attached hydrogen (secondary N) is 1. The van der Waals surface area contributed by atoms with Gasteiger partial charge in [-0.25, -0.2) is 0 Å². The van der Waals surface area contributed by atoms with E-state index in [4.69, 9.17) is 11.1 Å². The van der Waals surface area contributed by atoms with Gasteiger partial charge in [0.2, 0.25) is 0 Å². The number of fused-ring (bicyclic) bond motifs is 2. The highest BCUT2D eigenvalue weighted by molar-refractivity contribution is 5.99. The second kappa shape index (κ2) is 8.34. The summed E-state index contributed by atoms with van der Waals surface area (Å²) in [4.78, 5) is 2.46. The van der Waals surface area contributed by atoms with Crippen molar-refractivity contribution in [3.63, 3.8) is 0 Å². The van der Waals surface area contributed by atoms with Gasteiger partial charge in [0.25, 0.3) is 0 Å². The smallest absolute Gasteiger partial charge is 0.122 e. The number of nitrogens with zero attached hydrogens (tertiary/aromatic N) is 1. The molecule has 3 unspecified atom stereocenters. The van der Waals surface area contributed by atoms with Crippen molar-refractivity contribution < 1.29 is 5.11 Å². The highest BCUT2D eigenvalue weighted by Crippen LogP contribution is 2.55. The van der Waals surface area contributed by atoms with Crippen molar-refractivity contribution in [1.29, 1.82) is 5.41 Å². The molecule has 1 saturated carbocycles. The Morgan fingerprint density at radius 2 is 1.72 bits per heavy atom. The Labute approximate surface area is 190 Å². The molecule has 0 spiro atoms. The van der Waals surface area contributed by atoms with Crippen LogP contribution in [0.1, 0.15) is 66.0 Å². The number of nitrogen functional groups attached to an aromatic ring is 1. The molecule has 0 aromatic heterocycles. The summed E-state index contributed by atoms with van der Waals surface area (Å²) in [6.45, 7) is 6.59. The molecule has 0 saturated heterocycles. The van der Waals surface area contributed by atoms with Crippen LogP contribution in [0.25, 0.3) is 10.8 Å². The zero-order valence-electron chi connectivity index (χ0n) is 19.0. The molecule has 1 heterocycles. The standard InChI is InChI=1S/C28H33N3O/c1-17(2)27-26-15-22(6-3-18(26)9-10-31(27)11-12-32)25-16-24(25)21-7-4-20-14-23(28(29)30)8-5-19(20)13-21/h3-8,13-15,17,24-25,27,32H,9-12,16H2,1-2H3,(H3,29,30). The van der Waals surface area contributed by atoms with E-state index in [1.165, 1.54) is 34.1 Å². The normalized spacial score (nSPS) is 22.8. The van der Waals surface area contributed by atoms with Crippen LogP contribution in [-0.2, 0) is 6.42 Å². The van der Waals surface area contributed by atoms with Crippen LogP contribution >= 0.6 is 0 Å². The third kappa shape index (κ3) is 3.82. The van der Waals surface area contributed by atoms with E-state index in [1.54, 1.807) is 0 Å². The minimum Gasteiger partial charge on any atom is -0.395 e. The summed E-state index contributed by atoms with van der Waals surface area (Å²) in [5, 5.41) is 19.5. The average molecular weight is 428 g/mol. The largest absolute Gasteiger partial charge is 0.395 e. The molecule has 2 aliphatic rings. The lowest BCUT2D eigenvalue weighted by atomic mass is 9.84. The number of amidine groups is 1. The van der Waals surface area contributed by atoms with Gasteiger partial charge in [0.05, 0.1) is 6.61 Å². The van der Waals surface area contributed by atoms with Gasteiger partial charge in [-0.1, -0.05) is 62.4 Å². The Kier molecular flexibility index (Phi) is 5.52. The molecule has 5 rings (SSSR count). The fourth-order valence-electron chi connectivity index (χ4n) is 5.70. The molecular weight excluding hydrogens is 394 g/mol. The van der Waals surface area contributed by atoms with Gasteiger partial charge in [-0.15, -0.1) is 0 Å². The number of hydrogen-bond acceptors (Lipinski definition) is 3. The van der Waals surface area contributed by atoms with Crippen LogP contribution in [0, 0.1) is 11.3 Å². The van der Waals surface area contributed by atoms with E-state index in [0.717, 1.165) is 30.5 Å². The van der Waals surface area contributed by atoms with Gasteiger partial charge < -0.3 is 10.8 Å². The first kappa shape index (κ1) is 21.2. The van der Waals surface area contributed by atoms with Crippen LogP contribution in [0.3, 0.4) is 0 Å². The molecule has 4 nitrogen and oxygen atoms in total. The molecule has 166 valence electrons. The molecule has 1 aliphatic carbocycles. The summed E-state index contributed by atoms with van der Waals surface area (Å²) < 4.78 is 0. The van der Waals surface area contributed by atoms with Crippen LogP contribution in [-0.4, -0.2) is 35.5 Å². The third-order valence-electron chi connectivity index (χ3n) is 7.39. The second-order valence-electron chi connectivity index (χ2n) is 9.84. The summed E-state index contributed by atoms with van der Waals surface area (Å²) in [6, 6.07) is 20.3. The van der Waals surface area contributed by atoms with Gasteiger partial charge in [0, 0.05) is 24.7 Å². The Balaban J connectivity index is 1.41. The first-order chi connectivity index (χ1) is 15.5. The number of benzene rings is 3. The van der Waals surface area contributed by atoms with E-state index >= 15 is 0 Å². The van der Waals surface area contributed by atoms with Crippen LogP contribution < -0.4 is 5.73 Å². The minimum atomic E-state index is 0.114. The van der Waals surface area contributed by atoms with E-state index in [9.17, 15) is 5.11 Å². The second-order valence-corrected chi connectivity index (χ2v) is 9.84. The highest BCUT2D eigenvalue weighted by Gasteiger charge is 2.40. The number of aliphatic hydroxyl groups is 1. The van der Waals surface area contributed by atoms with Crippen molar-refractivity contribution in [2.45, 2.75) is 44.6 Å². The monoisotopic (exact) mass is 427 g/mol. The maximum Gasteiger partial charge on any atom is 0.122 e. The van der Waals surface area contributed by atoms with Crippen LogP contribution in [0.4, 0.5) is 0 Å². The lowest BCUT2D eigenvalue weighted by molar-refractivity contribution is 0.113. The molecule has 0 bridgehead atoms. The predicted octanol–water partition coefficient (Wildman–Crippen LogP) is 4.94. The molecule has 3 aromatic rings. The summed E-state index contributed by atoms with van der Waals surface area (Å²) in [6.07, 6.45) is 2.27. The van der Waals surface area contributed by atoms with E-state index in [2.05, 4.69) is 61.2 Å². The van der Waals surface area contributed by atoms with Gasteiger partial charge in [0.1, 0.15) is 5.84 Å². The van der Waals surface area contributed by atoms with Crippen molar-refractivity contribution in [2.75, 3.05) is 19.7 Å². The first-order valence-corrected chi connectivity index (χ1v) is 11.8. The van der Waals surface area contributed by atoms with Crippen molar-refractivity contribution in [3.8, 4) is 0 Å². The maximum atomic E-state index is 9.54. The van der Waals surface area contributed by atoms with Crippen LogP contribution in [0.2, 0.25) is 0 Å². The van der Waals surface area contributed by atoms with Crippen molar-refractivity contribution in [3.05, 3.63) is 82.4 Å². The molecule has 3 aromatic carbocycles. The molecule has 32 heavy (non-hydrogen) atoms. The zero-order chi connectivity index (χ0) is 22.4. The van der Waals surface area contributed by atoms with Gasteiger partial charge >= 0.3 is 0 Å². The lowest BCUT2D eigenvalue weighted by Gasteiger charge is -2.39. The number of aliphatic hydroxyl groups excluding tert-OH is 1. The van der Waals surface area contributed by atoms with Gasteiger partial charge in [0.15, 0.2) is 0 Å². The number of hydrogen-bond donors (Lipinski definition) is 3. The Hall–Kier alpha value is -2.69. The minimum absolute atomic E-state index is 0.114. The first-order valence-electron chi connectivity index (χ1n) is 11.8. The maximum absolute atomic E-state index is 9.54. The molecular formula is C28H33N3O. The van der Waals surface area contributed by atoms with Crippen molar-refractivity contribution in [2.24, 2.45) is 11.7 Å². The number of β-amino-alcohol motifs (C(OH)–C–C–N with tert-alkyl or cyclic N) is 1. The summed E-state index contributed by atoms with van der Waals surface area (Å²) >= 11 is 0. The van der Waals surface area contributed by atoms with Crippen molar-refractivity contribution in [1.82, 2.24) is 4.90 Å². The van der Waals surface area contributed by atoms with Gasteiger partial charge in [-0.05, 0) is 69.7 Å². The Bertz CT molecular complexity index is 1170. The Morgan fingerprint density at radius 1 is 1.03 bits per heavy atom. The van der Waals surface area contributed by atoms with E-state index in [1.807, 2.05) is 12.1 Å². The van der Waals surface area contributed by atoms with Crippen molar-refractivity contribution >= 4 is 16.6 Å². The summed E-state index contributed by atoms with van der Waals surface area (Å²) in [5.41, 5.74) is 12.2. The van der Waals surface area contributed by atoms with E-state index < -0.39 is 0 Å². The van der Waals surface area contributed by atoms with Crippen LogP contribution in [0.5, 0.6) is 0 Å². The highest BCUT2D eigenvalue weighted by atomic mass is 16.3. The average Bonchev–Trinajstić information content (AvgIpc) is 3.58. The molecule has 0 radical (unpaired) electrons. The summed E-state index contributed by atoms with van der Waals surface area (Å²) in [7, 11) is 0. The fourth-order valence-corrected chi connectivity index (χ4v) is 5.70. The molecule has 4 N–H and O–H groups in total. The predicted molar refractivity (Wildman–Crippen MR) is 131 cm³/mol. The van der Waals surface area contributed by atoms with E-state index in [0.29, 0.717) is 23.8 Å². The summed E-state index contributed by atoms with van der Waals surface area (Å²) in [5.74, 6) is 1.78. The molecule has 4 heteroatoms. The molecule has 1 fully saturated rings. The number of rotatable bonds is 6. The van der Waals surface area contributed by atoms with Crippen LogP contribution in [0.15, 0.2) is 54.6 Å². The quantitative estimate of drug-likeness (QED) is 0.385.